The maximum absolute atomic E-state index is 11.2. The van der Waals surface area contributed by atoms with E-state index >= 15 is 0 Å². The van der Waals surface area contributed by atoms with Gasteiger partial charge in [0.1, 0.15) is 0 Å². The van der Waals surface area contributed by atoms with Crippen molar-refractivity contribution in [3.05, 3.63) is 23.9 Å². The maximum Gasteiger partial charge on any atom is 0.335 e. The fourth-order valence-electron chi connectivity index (χ4n) is 0.962. The van der Waals surface area contributed by atoms with Crippen molar-refractivity contribution in [2.75, 3.05) is 12.3 Å². The number of carbonyl (C=O) groups excluding carboxylic acids is 1. The zero-order valence-corrected chi connectivity index (χ0v) is 9.66. The highest BCUT2D eigenvalue weighted by molar-refractivity contribution is 7.99. The number of nitrogens with one attached hydrogen (secondary N) is 1. The van der Waals surface area contributed by atoms with Gasteiger partial charge in [0.2, 0.25) is 5.91 Å². The van der Waals surface area contributed by atoms with Crippen molar-refractivity contribution in [2.24, 2.45) is 0 Å². The molecule has 0 saturated carbocycles. The third-order valence-electron chi connectivity index (χ3n) is 1.72. The lowest BCUT2D eigenvalue weighted by molar-refractivity contribution is -0.118. The standard InChI is InChI=1S/C11H10N2O3S/c1-2-4-12-9(14)7-17-10-6-8(11(15)16)3-5-13-10/h1,3,5-6H,4,7H2,(H,12,14)(H,15,16). The Bertz CT molecular complexity index is 468. The van der Waals surface area contributed by atoms with Crippen LogP contribution in [0.25, 0.3) is 0 Å². The van der Waals surface area contributed by atoms with Crippen LogP contribution in [-0.4, -0.2) is 34.3 Å². The van der Waals surface area contributed by atoms with Gasteiger partial charge in [-0.1, -0.05) is 17.7 Å². The van der Waals surface area contributed by atoms with E-state index in [1.807, 2.05) is 0 Å². The van der Waals surface area contributed by atoms with Crippen LogP contribution in [-0.2, 0) is 4.79 Å². The minimum atomic E-state index is -1.02. The first kappa shape index (κ1) is 13.1. The summed E-state index contributed by atoms with van der Waals surface area (Å²) in [5, 5.41) is 11.8. The van der Waals surface area contributed by atoms with Gasteiger partial charge in [0.05, 0.1) is 22.9 Å². The molecule has 0 atom stereocenters. The van der Waals surface area contributed by atoms with E-state index in [0.717, 1.165) is 11.8 Å². The summed E-state index contributed by atoms with van der Waals surface area (Å²) in [5.74, 6) is 1.20. The van der Waals surface area contributed by atoms with Crippen molar-refractivity contribution in [1.82, 2.24) is 10.3 Å². The largest absolute Gasteiger partial charge is 0.478 e. The maximum atomic E-state index is 11.2. The number of pyridine rings is 1. The average molecular weight is 250 g/mol. The Balaban J connectivity index is 2.52. The lowest BCUT2D eigenvalue weighted by atomic mass is 10.3. The van der Waals surface area contributed by atoms with Gasteiger partial charge < -0.3 is 10.4 Å². The molecule has 1 rings (SSSR count). The number of aromatic nitrogens is 1. The molecule has 0 bridgehead atoms. The predicted octanol–water partition coefficient (Wildman–Crippen LogP) is 0.621. The van der Waals surface area contributed by atoms with Crippen molar-refractivity contribution in [3.63, 3.8) is 0 Å². The molecule has 1 aromatic heterocycles. The van der Waals surface area contributed by atoms with E-state index in [0.29, 0.717) is 5.03 Å². The SMILES string of the molecule is C#CCNC(=O)CSc1cc(C(=O)O)ccn1. The van der Waals surface area contributed by atoms with E-state index in [4.69, 9.17) is 11.5 Å². The predicted molar refractivity (Wildman–Crippen MR) is 63.8 cm³/mol. The molecule has 88 valence electrons. The Labute approximate surface area is 103 Å². The summed E-state index contributed by atoms with van der Waals surface area (Å²) in [6, 6.07) is 2.81. The van der Waals surface area contributed by atoms with E-state index in [1.165, 1.54) is 18.3 Å². The van der Waals surface area contributed by atoms with Gasteiger partial charge in [-0.05, 0) is 12.1 Å². The normalized spacial score (nSPS) is 9.35. The van der Waals surface area contributed by atoms with E-state index in [2.05, 4.69) is 16.2 Å². The first-order chi connectivity index (χ1) is 8.13. The van der Waals surface area contributed by atoms with E-state index < -0.39 is 5.97 Å². The number of hydrogen-bond donors (Lipinski definition) is 2. The second-order valence-electron chi connectivity index (χ2n) is 2.96. The molecule has 0 aliphatic heterocycles. The summed E-state index contributed by atoms with van der Waals surface area (Å²) in [7, 11) is 0. The Morgan fingerprint density at radius 2 is 2.35 bits per heavy atom. The number of amides is 1. The molecule has 1 aromatic rings. The molecule has 2 N–H and O–H groups in total. The van der Waals surface area contributed by atoms with Gasteiger partial charge in [0.25, 0.3) is 0 Å². The molecule has 0 unspecified atom stereocenters. The topological polar surface area (TPSA) is 79.3 Å². The molecule has 0 aliphatic rings. The third-order valence-corrected chi connectivity index (χ3v) is 2.65. The van der Waals surface area contributed by atoms with E-state index in [1.54, 1.807) is 0 Å². The van der Waals surface area contributed by atoms with Gasteiger partial charge in [-0.2, -0.15) is 0 Å². The highest BCUT2D eigenvalue weighted by Crippen LogP contribution is 2.15. The van der Waals surface area contributed by atoms with Crippen LogP contribution in [0.15, 0.2) is 23.4 Å². The van der Waals surface area contributed by atoms with Crippen LogP contribution >= 0.6 is 11.8 Å². The van der Waals surface area contributed by atoms with E-state index in [9.17, 15) is 9.59 Å². The molecule has 5 nitrogen and oxygen atoms in total. The van der Waals surface area contributed by atoms with E-state index in [-0.39, 0.29) is 23.8 Å². The number of thioether (sulfide) groups is 1. The van der Waals surface area contributed by atoms with Crippen molar-refractivity contribution < 1.29 is 14.7 Å². The van der Waals surface area contributed by atoms with Crippen molar-refractivity contribution in [1.29, 1.82) is 0 Å². The number of rotatable bonds is 5. The summed E-state index contributed by atoms with van der Waals surface area (Å²) in [5.41, 5.74) is 0.145. The summed E-state index contributed by atoms with van der Waals surface area (Å²) in [6.45, 7) is 0.183. The van der Waals surface area contributed by atoms with Gasteiger partial charge in [-0.3, -0.25) is 4.79 Å². The number of aromatic carboxylic acids is 1. The zero-order chi connectivity index (χ0) is 12.7. The van der Waals surface area contributed by atoms with Crippen LogP contribution in [0.5, 0.6) is 0 Å². The molecule has 0 fully saturated rings. The van der Waals surface area contributed by atoms with Crippen molar-refractivity contribution in [2.45, 2.75) is 5.03 Å². The minimum absolute atomic E-state index is 0.145. The molecule has 0 spiro atoms. The van der Waals surface area contributed by atoms with Gasteiger partial charge in [0.15, 0.2) is 0 Å². The van der Waals surface area contributed by atoms with Crippen LogP contribution < -0.4 is 5.32 Å². The highest BCUT2D eigenvalue weighted by Gasteiger charge is 2.06. The first-order valence-corrected chi connectivity index (χ1v) is 5.64. The average Bonchev–Trinajstić information content (AvgIpc) is 2.34. The highest BCUT2D eigenvalue weighted by atomic mass is 32.2. The second-order valence-corrected chi connectivity index (χ2v) is 3.95. The van der Waals surface area contributed by atoms with Crippen LogP contribution in [0.3, 0.4) is 0 Å². The molecular weight excluding hydrogens is 240 g/mol. The number of carboxylic acid groups (broad SMARTS) is 1. The van der Waals surface area contributed by atoms with Crippen LogP contribution in [0.4, 0.5) is 0 Å². The number of carboxylic acids is 1. The number of hydrogen-bond acceptors (Lipinski definition) is 4. The Morgan fingerprint density at radius 3 is 3.00 bits per heavy atom. The summed E-state index contributed by atoms with van der Waals surface area (Å²) in [6.07, 6.45) is 6.38. The van der Waals surface area contributed by atoms with Gasteiger partial charge >= 0.3 is 5.97 Å². The molecule has 17 heavy (non-hydrogen) atoms. The Hall–Kier alpha value is -2.00. The molecule has 0 saturated heterocycles. The van der Waals surface area contributed by atoms with Crippen LogP contribution in [0.1, 0.15) is 10.4 Å². The quantitative estimate of drug-likeness (QED) is 0.591. The van der Waals surface area contributed by atoms with Crippen LogP contribution in [0, 0.1) is 12.3 Å². The third kappa shape index (κ3) is 4.57. The van der Waals surface area contributed by atoms with Crippen molar-refractivity contribution >= 4 is 23.6 Å². The minimum Gasteiger partial charge on any atom is -0.478 e. The lowest BCUT2D eigenvalue weighted by Crippen LogP contribution is -2.25. The molecule has 0 aromatic carbocycles. The summed E-state index contributed by atoms with van der Waals surface area (Å²) < 4.78 is 0. The number of nitrogens with zero attached hydrogens (tertiary/aromatic N) is 1. The Kier molecular flexibility index (Phi) is 5.04. The van der Waals surface area contributed by atoms with Crippen molar-refractivity contribution in [3.8, 4) is 12.3 Å². The fourth-order valence-corrected chi connectivity index (χ4v) is 1.69. The molecule has 1 heterocycles. The first-order valence-electron chi connectivity index (χ1n) is 4.66. The summed E-state index contributed by atoms with van der Waals surface area (Å²) >= 11 is 1.16. The Morgan fingerprint density at radius 1 is 1.59 bits per heavy atom. The number of terminal acetylenes is 1. The molecule has 0 aliphatic carbocycles. The summed E-state index contributed by atoms with van der Waals surface area (Å²) in [4.78, 5) is 25.9. The molecular formula is C11H10N2O3S. The smallest absolute Gasteiger partial charge is 0.335 e. The zero-order valence-electron chi connectivity index (χ0n) is 8.84. The molecule has 0 radical (unpaired) electrons. The number of carbonyl (C=O) groups is 2. The van der Waals surface area contributed by atoms with Gasteiger partial charge in [-0.15, -0.1) is 6.42 Å². The second kappa shape index (κ2) is 6.55. The molecule has 6 heteroatoms. The fraction of sp³-hybridized carbons (Fsp3) is 0.182. The molecule has 1 amide bonds. The van der Waals surface area contributed by atoms with Crippen LogP contribution in [0.2, 0.25) is 0 Å². The van der Waals surface area contributed by atoms with Gasteiger partial charge in [-0.25, -0.2) is 9.78 Å². The lowest BCUT2D eigenvalue weighted by Gasteiger charge is -2.02. The van der Waals surface area contributed by atoms with Gasteiger partial charge in [0, 0.05) is 6.20 Å². The monoisotopic (exact) mass is 250 g/mol.